The van der Waals surface area contributed by atoms with E-state index in [1.807, 2.05) is 60.7 Å². The molecule has 0 unspecified atom stereocenters. The number of aromatic nitrogens is 4. The molecule has 1 aromatic heterocycles. The molecule has 0 radical (unpaired) electrons. The van der Waals surface area contributed by atoms with Gasteiger partial charge in [-0.25, -0.2) is 0 Å². The van der Waals surface area contributed by atoms with Crippen LogP contribution in [0.3, 0.4) is 0 Å². The normalized spacial score (nSPS) is 10.5. The predicted molar refractivity (Wildman–Crippen MR) is 112 cm³/mol. The van der Waals surface area contributed by atoms with E-state index in [0.29, 0.717) is 16.5 Å². The Balaban J connectivity index is 1.51. The van der Waals surface area contributed by atoms with Crippen molar-refractivity contribution in [2.75, 3.05) is 7.11 Å². The standard InChI is InChI=1S/C22H17N5OS/c1-28-21-9-5-4-8-20(21)27-22(24-25-26-27)29-15-16-10-12-17(13-11-16)19-7-3-2-6-18(19)14-23/h2-13H,15H2,1H3. The maximum absolute atomic E-state index is 9.30. The van der Waals surface area contributed by atoms with E-state index in [9.17, 15) is 5.26 Å². The highest BCUT2D eigenvalue weighted by Gasteiger charge is 2.13. The molecule has 142 valence electrons. The summed E-state index contributed by atoms with van der Waals surface area (Å²) in [7, 11) is 1.63. The molecule has 29 heavy (non-hydrogen) atoms. The Kier molecular flexibility index (Phi) is 5.54. The van der Waals surface area contributed by atoms with Gasteiger partial charge in [0.25, 0.3) is 0 Å². The number of methoxy groups -OCH3 is 1. The summed E-state index contributed by atoms with van der Waals surface area (Å²) in [6, 6.07) is 25.7. The fourth-order valence-corrected chi connectivity index (χ4v) is 3.83. The van der Waals surface area contributed by atoms with Crippen molar-refractivity contribution in [1.82, 2.24) is 20.2 Å². The molecule has 0 bridgehead atoms. The molecule has 0 aliphatic heterocycles. The average molecular weight is 399 g/mol. The van der Waals surface area contributed by atoms with Gasteiger partial charge in [-0.05, 0) is 45.3 Å². The number of rotatable bonds is 6. The van der Waals surface area contributed by atoms with E-state index >= 15 is 0 Å². The second kappa shape index (κ2) is 8.59. The lowest BCUT2D eigenvalue weighted by Crippen LogP contribution is -2.01. The summed E-state index contributed by atoms with van der Waals surface area (Å²) < 4.78 is 7.09. The van der Waals surface area contributed by atoms with Crippen molar-refractivity contribution in [2.45, 2.75) is 10.9 Å². The summed E-state index contributed by atoms with van der Waals surface area (Å²) in [6.07, 6.45) is 0. The van der Waals surface area contributed by atoms with Crippen molar-refractivity contribution in [3.63, 3.8) is 0 Å². The van der Waals surface area contributed by atoms with Gasteiger partial charge in [0.2, 0.25) is 5.16 Å². The summed E-state index contributed by atoms with van der Waals surface area (Å²) in [5.74, 6) is 1.43. The Hall–Kier alpha value is -3.63. The van der Waals surface area contributed by atoms with Gasteiger partial charge in [-0.2, -0.15) is 9.94 Å². The van der Waals surface area contributed by atoms with Gasteiger partial charge in [0.1, 0.15) is 11.4 Å². The minimum Gasteiger partial charge on any atom is -0.494 e. The Morgan fingerprint density at radius 3 is 2.55 bits per heavy atom. The lowest BCUT2D eigenvalue weighted by atomic mass is 10.00. The molecule has 0 N–H and O–H groups in total. The van der Waals surface area contributed by atoms with Crippen molar-refractivity contribution < 1.29 is 4.74 Å². The first-order chi connectivity index (χ1) is 14.3. The van der Waals surface area contributed by atoms with E-state index in [1.165, 1.54) is 0 Å². The molecule has 0 saturated heterocycles. The number of para-hydroxylation sites is 2. The highest BCUT2D eigenvalue weighted by Crippen LogP contribution is 2.28. The van der Waals surface area contributed by atoms with E-state index < -0.39 is 0 Å². The van der Waals surface area contributed by atoms with Gasteiger partial charge in [-0.1, -0.05) is 66.4 Å². The molecule has 0 spiro atoms. The minimum atomic E-state index is 0.672. The maximum Gasteiger partial charge on any atom is 0.214 e. The molecule has 0 saturated carbocycles. The number of thioether (sulfide) groups is 1. The van der Waals surface area contributed by atoms with Crippen LogP contribution < -0.4 is 4.74 Å². The first kappa shape index (κ1) is 18.7. The van der Waals surface area contributed by atoms with Gasteiger partial charge >= 0.3 is 0 Å². The van der Waals surface area contributed by atoms with Crippen molar-refractivity contribution in [2.24, 2.45) is 0 Å². The third-order valence-electron chi connectivity index (χ3n) is 4.43. The second-order valence-electron chi connectivity index (χ2n) is 6.19. The SMILES string of the molecule is COc1ccccc1-n1nnnc1SCc1ccc(-c2ccccc2C#N)cc1. The van der Waals surface area contributed by atoms with E-state index in [-0.39, 0.29) is 0 Å². The fraction of sp³-hybridized carbons (Fsp3) is 0.0909. The molecule has 0 aliphatic carbocycles. The lowest BCUT2D eigenvalue weighted by molar-refractivity contribution is 0.410. The van der Waals surface area contributed by atoms with Crippen molar-refractivity contribution >= 4 is 11.8 Å². The summed E-state index contributed by atoms with van der Waals surface area (Å²) in [5, 5.41) is 22.0. The maximum atomic E-state index is 9.30. The second-order valence-corrected chi connectivity index (χ2v) is 7.13. The summed E-state index contributed by atoms with van der Waals surface area (Å²) in [4.78, 5) is 0. The zero-order valence-electron chi connectivity index (χ0n) is 15.7. The third kappa shape index (κ3) is 3.98. The van der Waals surface area contributed by atoms with Crippen LogP contribution in [0.1, 0.15) is 11.1 Å². The van der Waals surface area contributed by atoms with Crippen LogP contribution in [0.25, 0.3) is 16.8 Å². The number of hydrogen-bond donors (Lipinski definition) is 0. The van der Waals surface area contributed by atoms with Crippen LogP contribution >= 0.6 is 11.8 Å². The first-order valence-electron chi connectivity index (χ1n) is 8.93. The summed E-state index contributed by atoms with van der Waals surface area (Å²) >= 11 is 1.55. The number of nitriles is 1. The number of ether oxygens (including phenoxy) is 1. The van der Waals surface area contributed by atoms with Gasteiger partial charge in [0, 0.05) is 5.75 Å². The zero-order valence-corrected chi connectivity index (χ0v) is 16.5. The highest BCUT2D eigenvalue weighted by molar-refractivity contribution is 7.98. The van der Waals surface area contributed by atoms with Crippen molar-refractivity contribution in [1.29, 1.82) is 5.26 Å². The Morgan fingerprint density at radius 1 is 1.00 bits per heavy atom. The Labute approximate surface area is 172 Å². The molecule has 7 heteroatoms. The fourth-order valence-electron chi connectivity index (χ4n) is 2.99. The molecule has 0 atom stereocenters. The number of benzene rings is 3. The Morgan fingerprint density at radius 2 is 1.76 bits per heavy atom. The molecule has 3 aromatic carbocycles. The van der Waals surface area contributed by atoms with E-state index in [4.69, 9.17) is 4.74 Å². The zero-order chi connectivity index (χ0) is 20.1. The van der Waals surface area contributed by atoms with Gasteiger partial charge in [0.15, 0.2) is 0 Å². The van der Waals surface area contributed by atoms with Gasteiger partial charge < -0.3 is 4.74 Å². The van der Waals surface area contributed by atoms with Crippen LogP contribution in [-0.2, 0) is 5.75 Å². The highest BCUT2D eigenvalue weighted by atomic mass is 32.2. The smallest absolute Gasteiger partial charge is 0.214 e. The van der Waals surface area contributed by atoms with Crippen molar-refractivity contribution in [3.8, 4) is 28.6 Å². The van der Waals surface area contributed by atoms with Gasteiger partial charge in [0.05, 0.1) is 18.7 Å². The molecular formula is C22H17N5OS. The monoisotopic (exact) mass is 399 g/mol. The molecule has 4 rings (SSSR count). The molecule has 0 fully saturated rings. The number of nitrogens with zero attached hydrogens (tertiary/aromatic N) is 5. The van der Waals surface area contributed by atoms with Crippen LogP contribution in [0.4, 0.5) is 0 Å². The molecular weight excluding hydrogens is 382 g/mol. The molecule has 4 aromatic rings. The Bertz CT molecular complexity index is 1160. The van der Waals surface area contributed by atoms with E-state index in [1.54, 1.807) is 23.6 Å². The van der Waals surface area contributed by atoms with Crippen LogP contribution in [0, 0.1) is 11.3 Å². The number of hydrogen-bond acceptors (Lipinski definition) is 6. The summed E-state index contributed by atoms with van der Waals surface area (Å²) in [5.41, 5.74) is 4.57. The van der Waals surface area contributed by atoms with Gasteiger partial charge in [-0.3, -0.25) is 0 Å². The van der Waals surface area contributed by atoms with Crippen molar-refractivity contribution in [3.05, 3.63) is 83.9 Å². The molecule has 6 nitrogen and oxygen atoms in total. The minimum absolute atomic E-state index is 0.672. The molecule has 0 aliphatic rings. The van der Waals surface area contributed by atoms with Crippen LogP contribution in [0.2, 0.25) is 0 Å². The predicted octanol–water partition coefficient (Wildman–Crippen LogP) is 4.50. The van der Waals surface area contributed by atoms with E-state index in [0.717, 1.165) is 28.1 Å². The van der Waals surface area contributed by atoms with E-state index in [2.05, 4.69) is 33.7 Å². The number of tetrazole rings is 1. The third-order valence-corrected chi connectivity index (χ3v) is 5.43. The summed E-state index contributed by atoms with van der Waals surface area (Å²) in [6.45, 7) is 0. The van der Waals surface area contributed by atoms with Gasteiger partial charge in [-0.15, -0.1) is 5.10 Å². The van der Waals surface area contributed by atoms with Crippen LogP contribution in [0.15, 0.2) is 78.0 Å². The first-order valence-corrected chi connectivity index (χ1v) is 9.91. The largest absolute Gasteiger partial charge is 0.494 e. The topological polar surface area (TPSA) is 76.6 Å². The van der Waals surface area contributed by atoms with Crippen LogP contribution in [0.5, 0.6) is 5.75 Å². The molecule has 0 amide bonds. The quantitative estimate of drug-likeness (QED) is 0.444. The van der Waals surface area contributed by atoms with Crippen LogP contribution in [-0.4, -0.2) is 27.3 Å². The lowest BCUT2D eigenvalue weighted by Gasteiger charge is -2.09. The molecule has 1 heterocycles. The average Bonchev–Trinajstić information content (AvgIpc) is 3.26.